The lowest BCUT2D eigenvalue weighted by Gasteiger charge is -2.21. The second-order valence-electron chi connectivity index (χ2n) is 6.36. The lowest BCUT2D eigenvalue weighted by atomic mass is 10.1. The molecule has 0 bridgehead atoms. The minimum absolute atomic E-state index is 0.165. The van der Waals surface area contributed by atoms with Gasteiger partial charge in [0.2, 0.25) is 0 Å². The number of nitrogens with zero attached hydrogens (tertiary/aromatic N) is 3. The average molecular weight is 391 g/mol. The van der Waals surface area contributed by atoms with Gasteiger partial charge < -0.3 is 14.5 Å². The van der Waals surface area contributed by atoms with Gasteiger partial charge in [-0.25, -0.2) is 4.98 Å². The van der Waals surface area contributed by atoms with Gasteiger partial charge in [0.15, 0.2) is 0 Å². The Kier molecular flexibility index (Phi) is 5.12. The van der Waals surface area contributed by atoms with Gasteiger partial charge in [-0.15, -0.1) is 11.3 Å². The lowest BCUT2D eigenvalue weighted by molar-refractivity contribution is 0.277. The van der Waals surface area contributed by atoms with Crippen molar-refractivity contribution in [2.45, 2.75) is 13.8 Å². The van der Waals surface area contributed by atoms with Crippen LogP contribution in [-0.4, -0.2) is 23.3 Å². The van der Waals surface area contributed by atoms with E-state index >= 15 is 0 Å². The molecule has 0 radical (unpaired) electrons. The summed E-state index contributed by atoms with van der Waals surface area (Å²) >= 11 is 1.50. The highest BCUT2D eigenvalue weighted by Gasteiger charge is 2.13. The van der Waals surface area contributed by atoms with Gasteiger partial charge in [0, 0.05) is 41.2 Å². The van der Waals surface area contributed by atoms with Crippen LogP contribution >= 0.6 is 11.3 Å². The molecule has 0 fully saturated rings. The van der Waals surface area contributed by atoms with Gasteiger partial charge >= 0.3 is 0 Å². The van der Waals surface area contributed by atoms with Gasteiger partial charge in [0.1, 0.15) is 10.6 Å². The van der Waals surface area contributed by atoms with Crippen LogP contribution in [-0.2, 0) is 0 Å². The molecule has 0 atom stereocenters. The summed E-state index contributed by atoms with van der Waals surface area (Å²) in [6, 6.07) is 18.1. The fourth-order valence-corrected chi connectivity index (χ4v) is 4.10. The largest absolute Gasteiger partial charge is 0.435 e. The van der Waals surface area contributed by atoms with Crippen LogP contribution in [0.4, 0.5) is 5.69 Å². The van der Waals surface area contributed by atoms with E-state index in [9.17, 15) is 5.21 Å². The molecule has 4 rings (SSSR count). The van der Waals surface area contributed by atoms with E-state index in [4.69, 9.17) is 9.40 Å². The number of aromatic nitrogens is 1. The highest BCUT2D eigenvalue weighted by Crippen LogP contribution is 2.30. The van der Waals surface area contributed by atoms with Crippen LogP contribution in [0.5, 0.6) is 0 Å². The molecule has 0 saturated carbocycles. The minimum Gasteiger partial charge on any atom is -0.435 e. The summed E-state index contributed by atoms with van der Waals surface area (Å²) in [7, 11) is 0. The summed E-state index contributed by atoms with van der Waals surface area (Å²) in [6.07, 6.45) is 0. The fraction of sp³-hybridized carbons (Fsp3) is 0.182. The molecule has 5 nitrogen and oxygen atoms in total. The average Bonchev–Trinajstić information content (AvgIpc) is 3.24. The minimum atomic E-state index is 0.165. The van der Waals surface area contributed by atoms with E-state index in [1.54, 1.807) is 0 Å². The maximum absolute atomic E-state index is 9.53. The second kappa shape index (κ2) is 7.86. The fourth-order valence-electron chi connectivity index (χ4n) is 3.26. The van der Waals surface area contributed by atoms with Crippen molar-refractivity contribution < 1.29 is 9.62 Å². The quantitative estimate of drug-likeness (QED) is 0.367. The van der Waals surface area contributed by atoms with Crippen molar-refractivity contribution in [3.63, 3.8) is 0 Å². The van der Waals surface area contributed by atoms with E-state index in [1.165, 1.54) is 11.3 Å². The first-order chi connectivity index (χ1) is 13.7. The molecule has 0 aliphatic carbocycles. The Morgan fingerprint density at radius 3 is 2.57 bits per heavy atom. The van der Waals surface area contributed by atoms with Crippen molar-refractivity contribution in [2.75, 3.05) is 18.0 Å². The van der Waals surface area contributed by atoms with Crippen molar-refractivity contribution in [1.82, 2.24) is 4.98 Å². The van der Waals surface area contributed by atoms with E-state index in [1.807, 2.05) is 53.9 Å². The molecule has 0 amide bonds. The highest BCUT2D eigenvalue weighted by molar-refractivity contribution is 7.13. The molecule has 28 heavy (non-hydrogen) atoms. The summed E-state index contributed by atoms with van der Waals surface area (Å²) in [4.78, 5) is 6.96. The Labute approximate surface area is 167 Å². The van der Waals surface area contributed by atoms with Crippen LogP contribution < -0.4 is 10.5 Å². The number of hydrogen-bond acceptors (Lipinski definition) is 6. The third-order valence-electron chi connectivity index (χ3n) is 4.76. The van der Waals surface area contributed by atoms with Crippen molar-refractivity contribution in [2.24, 2.45) is 5.16 Å². The summed E-state index contributed by atoms with van der Waals surface area (Å²) in [5.41, 5.74) is 4.55. The number of thiazole rings is 1. The third kappa shape index (κ3) is 3.39. The lowest BCUT2D eigenvalue weighted by Crippen LogP contribution is -2.21. The molecule has 4 aromatic rings. The number of rotatable bonds is 5. The number of benzene rings is 2. The van der Waals surface area contributed by atoms with Gasteiger partial charge in [-0.3, -0.25) is 0 Å². The molecule has 0 saturated heterocycles. The molecule has 0 aliphatic heterocycles. The molecule has 0 unspecified atom stereocenters. The van der Waals surface area contributed by atoms with Gasteiger partial charge in [0.25, 0.3) is 5.55 Å². The van der Waals surface area contributed by atoms with E-state index in [-0.39, 0.29) is 5.55 Å². The summed E-state index contributed by atoms with van der Waals surface area (Å²) < 4.78 is 5.91. The van der Waals surface area contributed by atoms with E-state index < -0.39 is 0 Å². The maximum atomic E-state index is 9.53. The molecule has 142 valence electrons. The zero-order valence-corrected chi connectivity index (χ0v) is 16.6. The van der Waals surface area contributed by atoms with Gasteiger partial charge in [0.05, 0.1) is 11.3 Å². The first-order valence-electron chi connectivity index (χ1n) is 9.25. The van der Waals surface area contributed by atoms with E-state index in [0.717, 1.165) is 40.4 Å². The summed E-state index contributed by atoms with van der Waals surface area (Å²) in [5.74, 6) is 0. The zero-order valence-electron chi connectivity index (χ0n) is 15.8. The molecule has 0 spiro atoms. The van der Waals surface area contributed by atoms with Crippen LogP contribution in [0.15, 0.2) is 69.6 Å². The van der Waals surface area contributed by atoms with Gasteiger partial charge in [-0.2, -0.15) is 0 Å². The highest BCUT2D eigenvalue weighted by atomic mass is 32.1. The monoisotopic (exact) mass is 391 g/mol. The Balaban J connectivity index is 1.80. The van der Waals surface area contributed by atoms with Crippen LogP contribution in [0.1, 0.15) is 13.8 Å². The van der Waals surface area contributed by atoms with Gasteiger partial charge in [-0.1, -0.05) is 30.3 Å². The molecular weight excluding hydrogens is 370 g/mol. The first-order valence-corrected chi connectivity index (χ1v) is 10.1. The Morgan fingerprint density at radius 2 is 1.86 bits per heavy atom. The van der Waals surface area contributed by atoms with Crippen LogP contribution in [0.3, 0.4) is 0 Å². The summed E-state index contributed by atoms with van der Waals surface area (Å²) in [6.45, 7) is 6.07. The van der Waals surface area contributed by atoms with Crippen LogP contribution in [0.2, 0.25) is 0 Å². The predicted molar refractivity (Wildman–Crippen MR) is 114 cm³/mol. The SMILES string of the molecule is CCN(CC)c1ccc2cc(-c3nc(-c4ccccc4)cs3)/c(=N\O)oc2c1. The number of anilines is 1. The topological polar surface area (TPSA) is 61.9 Å². The maximum Gasteiger partial charge on any atom is 0.265 e. The second-order valence-corrected chi connectivity index (χ2v) is 7.22. The molecular formula is C22H21N3O2S. The zero-order chi connectivity index (χ0) is 19.5. The summed E-state index contributed by atoms with van der Waals surface area (Å²) in [5, 5.41) is 16.6. The first kappa shape index (κ1) is 18.3. The Hall–Kier alpha value is -3.12. The standard InChI is InChI=1S/C22H21N3O2S/c1-3-25(4-2)17-11-10-16-12-18(21(24-26)27-20(16)13-17)22-23-19(14-28-22)15-8-6-5-7-9-15/h5-14,26H,3-4H2,1-2H3/b24-21+. The van der Waals surface area contributed by atoms with E-state index in [0.29, 0.717) is 11.1 Å². The predicted octanol–water partition coefficient (Wildman–Crippen LogP) is 5.36. The molecule has 6 heteroatoms. The van der Waals surface area contributed by atoms with E-state index in [2.05, 4.69) is 30.0 Å². The molecule has 0 aliphatic rings. The smallest absolute Gasteiger partial charge is 0.265 e. The number of hydrogen-bond donors (Lipinski definition) is 1. The number of fused-ring (bicyclic) bond motifs is 1. The van der Waals surface area contributed by atoms with Crippen LogP contribution in [0, 0.1) is 0 Å². The molecule has 2 aromatic carbocycles. The van der Waals surface area contributed by atoms with Crippen molar-refractivity contribution in [1.29, 1.82) is 0 Å². The molecule has 2 heterocycles. The van der Waals surface area contributed by atoms with Crippen molar-refractivity contribution in [3.05, 3.63) is 65.5 Å². The van der Waals surface area contributed by atoms with Gasteiger partial charge in [-0.05, 0) is 37.2 Å². The van der Waals surface area contributed by atoms with Crippen molar-refractivity contribution in [3.8, 4) is 21.8 Å². The molecule has 2 aromatic heterocycles. The molecule has 1 N–H and O–H groups in total. The Morgan fingerprint density at radius 1 is 1.07 bits per heavy atom. The normalized spacial score (nSPS) is 11.9. The Bertz CT molecular complexity index is 1160. The van der Waals surface area contributed by atoms with Crippen molar-refractivity contribution >= 4 is 28.0 Å². The third-order valence-corrected chi connectivity index (χ3v) is 5.63. The van der Waals surface area contributed by atoms with Crippen LogP contribution in [0.25, 0.3) is 32.8 Å².